The van der Waals surface area contributed by atoms with Crippen LogP contribution in [-0.4, -0.2) is 40.2 Å². The summed E-state index contributed by atoms with van der Waals surface area (Å²) in [7, 11) is 0. The molecule has 8 heteroatoms. The average Bonchev–Trinajstić information content (AvgIpc) is 2.93. The van der Waals surface area contributed by atoms with Crippen LogP contribution in [-0.2, 0) is 4.74 Å². The summed E-state index contributed by atoms with van der Waals surface area (Å²) in [6.45, 7) is 3.96. The van der Waals surface area contributed by atoms with Gasteiger partial charge in [-0.1, -0.05) is 48.1 Å². The lowest BCUT2D eigenvalue weighted by molar-refractivity contribution is 0.0460. The molecule has 196 valence electrons. The van der Waals surface area contributed by atoms with Crippen molar-refractivity contribution in [2.24, 2.45) is 0 Å². The van der Waals surface area contributed by atoms with Crippen molar-refractivity contribution in [3.63, 3.8) is 0 Å². The van der Waals surface area contributed by atoms with Gasteiger partial charge in [0.05, 0.1) is 22.3 Å². The minimum Gasteiger partial charge on any atom is -0.478 e. The second-order valence-electron chi connectivity index (χ2n) is 8.88. The highest BCUT2D eigenvalue weighted by Gasteiger charge is 2.29. The van der Waals surface area contributed by atoms with Gasteiger partial charge in [0.2, 0.25) is 0 Å². The smallest absolute Gasteiger partial charge is 0.343 e. The Morgan fingerprint density at radius 3 is 1.95 bits per heavy atom. The highest BCUT2D eigenvalue weighted by Crippen LogP contribution is 2.37. The van der Waals surface area contributed by atoms with E-state index in [1.807, 2.05) is 50.3 Å². The summed E-state index contributed by atoms with van der Waals surface area (Å²) < 4.78 is 11.6. The zero-order valence-electron chi connectivity index (χ0n) is 21.1. The van der Waals surface area contributed by atoms with E-state index in [1.165, 1.54) is 18.2 Å². The number of carboxylic acids is 2. The van der Waals surface area contributed by atoms with Crippen molar-refractivity contribution in [1.82, 2.24) is 0 Å². The highest BCUT2D eigenvalue weighted by molar-refractivity contribution is 5.96. The number of para-hydroxylation sites is 1. The lowest BCUT2D eigenvalue weighted by Crippen LogP contribution is -2.25. The summed E-state index contributed by atoms with van der Waals surface area (Å²) in [5.74, 6) is -2.72. The first-order valence-corrected chi connectivity index (χ1v) is 11.9. The fourth-order valence-electron chi connectivity index (χ4n) is 4.04. The zero-order valence-corrected chi connectivity index (χ0v) is 21.1. The van der Waals surface area contributed by atoms with Crippen LogP contribution in [0.5, 0.6) is 5.75 Å². The van der Waals surface area contributed by atoms with Crippen LogP contribution < -0.4 is 4.74 Å². The summed E-state index contributed by atoms with van der Waals surface area (Å²) in [4.78, 5) is 46.0. The predicted molar refractivity (Wildman–Crippen MR) is 143 cm³/mol. The van der Waals surface area contributed by atoms with Gasteiger partial charge in [-0.3, -0.25) is 0 Å². The fraction of sp³-hybridized carbons (Fsp3) is 0.0968. The van der Waals surface area contributed by atoms with E-state index in [0.29, 0.717) is 16.9 Å². The lowest BCUT2D eigenvalue weighted by atomic mass is 9.88. The predicted octanol–water partition coefficient (Wildman–Crippen LogP) is 5.82. The number of carbonyl (C=O) groups is 4. The Balaban J connectivity index is 0.000000247. The van der Waals surface area contributed by atoms with E-state index < -0.39 is 30.0 Å². The van der Waals surface area contributed by atoms with E-state index in [2.05, 4.69) is 0 Å². The van der Waals surface area contributed by atoms with Gasteiger partial charge < -0.3 is 19.7 Å². The molecule has 3 aliphatic rings. The maximum absolute atomic E-state index is 12.7. The lowest BCUT2D eigenvalue weighted by Gasteiger charge is -2.27. The molecule has 0 spiro atoms. The molecular formula is C31H24O8. The van der Waals surface area contributed by atoms with E-state index >= 15 is 0 Å². The van der Waals surface area contributed by atoms with E-state index in [9.17, 15) is 19.2 Å². The van der Waals surface area contributed by atoms with Crippen LogP contribution in [0.3, 0.4) is 0 Å². The van der Waals surface area contributed by atoms with Crippen LogP contribution in [0, 0.1) is 0 Å². The van der Waals surface area contributed by atoms with Gasteiger partial charge in [-0.25, -0.2) is 19.2 Å². The van der Waals surface area contributed by atoms with Crippen molar-refractivity contribution in [2.45, 2.75) is 20.0 Å². The summed E-state index contributed by atoms with van der Waals surface area (Å²) in [6, 6.07) is 18.8. The minimum atomic E-state index is -1.13. The van der Waals surface area contributed by atoms with Crippen molar-refractivity contribution < 1.29 is 38.9 Å². The molecule has 6 rings (SSSR count). The molecule has 2 bridgehead atoms. The van der Waals surface area contributed by atoms with Crippen LogP contribution in [0.15, 0.2) is 102 Å². The molecule has 8 nitrogen and oxygen atoms in total. The zero-order chi connectivity index (χ0) is 28.1. The molecule has 1 aliphatic carbocycles. The van der Waals surface area contributed by atoms with Crippen LogP contribution in [0.1, 0.15) is 60.8 Å². The molecule has 1 atom stereocenters. The molecule has 39 heavy (non-hydrogen) atoms. The van der Waals surface area contributed by atoms with Gasteiger partial charge in [0.1, 0.15) is 5.75 Å². The molecule has 0 saturated carbocycles. The largest absolute Gasteiger partial charge is 0.478 e. The third kappa shape index (κ3) is 6.02. The molecule has 0 radical (unpaired) electrons. The molecule has 2 aliphatic heterocycles. The number of hydrogen-bond donors (Lipinski definition) is 2. The Morgan fingerprint density at radius 1 is 0.769 bits per heavy atom. The average molecular weight is 525 g/mol. The second-order valence-corrected chi connectivity index (χ2v) is 8.88. The summed E-state index contributed by atoms with van der Waals surface area (Å²) in [6.07, 6.45) is 5.18. The first kappa shape index (κ1) is 26.8. The Labute approximate surface area is 224 Å². The van der Waals surface area contributed by atoms with Crippen molar-refractivity contribution in [2.75, 3.05) is 0 Å². The number of benzene rings is 3. The van der Waals surface area contributed by atoms with Crippen molar-refractivity contribution in [1.29, 1.82) is 0 Å². The summed E-state index contributed by atoms with van der Waals surface area (Å²) in [5.41, 5.74) is 4.19. The first-order chi connectivity index (χ1) is 18.7. The number of aromatic carboxylic acids is 2. The topological polar surface area (TPSA) is 127 Å². The number of carboxylic acid groups (broad SMARTS) is 2. The number of fused-ring (bicyclic) bond motifs is 4. The van der Waals surface area contributed by atoms with E-state index in [1.54, 1.807) is 30.3 Å². The molecule has 1 unspecified atom stereocenters. The number of hydrogen-bond acceptors (Lipinski definition) is 6. The molecule has 0 saturated heterocycles. The molecule has 0 fully saturated rings. The number of ether oxygens (including phenoxy) is 2. The maximum atomic E-state index is 12.7. The molecular weight excluding hydrogens is 500 g/mol. The highest BCUT2D eigenvalue weighted by atomic mass is 16.5. The first-order valence-electron chi connectivity index (χ1n) is 11.9. The van der Waals surface area contributed by atoms with Gasteiger partial charge in [-0.15, -0.1) is 0 Å². The van der Waals surface area contributed by atoms with Gasteiger partial charge in [-0.05, 0) is 68.0 Å². The number of carbonyl (C=O) groups excluding carboxylic acids is 2. The standard InChI is InChI=1S/C23H18O4.C8H6O4/c1-14(2)17-7-5-8-19-18-6-3-4-9-20(18)26-22(24)15-10-12-16(13-11-15)23(25)27-21(17)19;9-7(10)5-2-1-3-6(4-5)8(11)12/h3-13,21H,1-2H3;1-4H,(H,9,10)(H,11,12). The van der Waals surface area contributed by atoms with Crippen molar-refractivity contribution in [3.05, 3.63) is 130 Å². The van der Waals surface area contributed by atoms with Crippen LogP contribution in [0.2, 0.25) is 0 Å². The monoisotopic (exact) mass is 524 g/mol. The molecule has 3 aromatic rings. The summed E-state index contributed by atoms with van der Waals surface area (Å²) in [5, 5.41) is 17.0. The Morgan fingerprint density at radius 2 is 1.36 bits per heavy atom. The molecule has 0 aromatic heterocycles. The van der Waals surface area contributed by atoms with Crippen molar-refractivity contribution in [3.8, 4) is 5.75 Å². The van der Waals surface area contributed by atoms with Crippen LogP contribution in [0.4, 0.5) is 0 Å². The van der Waals surface area contributed by atoms with Gasteiger partial charge in [-0.2, -0.15) is 0 Å². The normalized spacial score (nSPS) is 15.6. The van der Waals surface area contributed by atoms with E-state index in [4.69, 9.17) is 19.7 Å². The van der Waals surface area contributed by atoms with Crippen LogP contribution >= 0.6 is 0 Å². The Hall–Kier alpha value is -5.24. The van der Waals surface area contributed by atoms with Gasteiger partial charge in [0.25, 0.3) is 0 Å². The van der Waals surface area contributed by atoms with Gasteiger partial charge in [0, 0.05) is 11.1 Å². The quantitative estimate of drug-likeness (QED) is 0.317. The van der Waals surface area contributed by atoms with Gasteiger partial charge >= 0.3 is 23.9 Å². The minimum absolute atomic E-state index is 0.0186. The van der Waals surface area contributed by atoms with E-state index in [-0.39, 0.29) is 11.1 Å². The van der Waals surface area contributed by atoms with Crippen molar-refractivity contribution >= 4 is 29.5 Å². The molecule has 2 N–H and O–H groups in total. The molecule has 2 heterocycles. The summed E-state index contributed by atoms with van der Waals surface area (Å²) >= 11 is 0. The number of rotatable bonds is 2. The fourth-order valence-corrected chi connectivity index (χ4v) is 4.04. The SMILES string of the molecule is CC(C)=C1C=CC=C2c3ccccc3OC(=O)c3ccc(cc3)C(=O)OC21.O=C(O)c1cccc(C(=O)O)c1. The van der Waals surface area contributed by atoms with Gasteiger partial charge in [0.15, 0.2) is 6.10 Å². The van der Waals surface area contributed by atoms with Crippen LogP contribution in [0.25, 0.3) is 5.57 Å². The number of allylic oxidation sites excluding steroid dienone is 3. The Bertz CT molecular complexity index is 1520. The Kier molecular flexibility index (Phi) is 7.86. The third-order valence-corrected chi connectivity index (χ3v) is 6.03. The van der Waals surface area contributed by atoms with E-state index in [0.717, 1.165) is 28.3 Å². The maximum Gasteiger partial charge on any atom is 0.343 e. The second kappa shape index (κ2) is 11.4. The number of esters is 2. The third-order valence-electron chi connectivity index (χ3n) is 6.03. The molecule has 3 aromatic carbocycles. The molecule has 0 amide bonds.